The van der Waals surface area contributed by atoms with Crippen LogP contribution in [0.3, 0.4) is 0 Å². The minimum atomic E-state index is -0.0367. The van der Waals surface area contributed by atoms with Gasteiger partial charge in [0.2, 0.25) is 5.91 Å². The smallest absolute Gasteiger partial charge is 0.236 e. The van der Waals surface area contributed by atoms with Gasteiger partial charge in [-0.1, -0.05) is 22.9 Å². The van der Waals surface area contributed by atoms with Gasteiger partial charge < -0.3 is 10.0 Å². The summed E-state index contributed by atoms with van der Waals surface area (Å²) in [6.07, 6.45) is 3.87. The van der Waals surface area contributed by atoms with Crippen molar-refractivity contribution in [3.8, 4) is 0 Å². The molecule has 1 amide bonds. The Morgan fingerprint density at radius 2 is 2.40 bits per heavy atom. The number of alkyl halides is 1. The molecule has 2 atom stereocenters. The number of piperidine rings is 1. The molecule has 4 heteroatoms. The molecule has 0 saturated carbocycles. The van der Waals surface area contributed by atoms with Crippen LogP contribution in [0.5, 0.6) is 0 Å². The average molecular weight is 278 g/mol. The van der Waals surface area contributed by atoms with E-state index in [0.717, 1.165) is 38.8 Å². The molecule has 15 heavy (non-hydrogen) atoms. The van der Waals surface area contributed by atoms with E-state index in [2.05, 4.69) is 15.9 Å². The van der Waals surface area contributed by atoms with Crippen LogP contribution in [-0.4, -0.2) is 40.4 Å². The molecule has 0 spiro atoms. The monoisotopic (exact) mass is 277 g/mol. The maximum Gasteiger partial charge on any atom is 0.236 e. The fraction of sp³-hybridized carbons (Fsp3) is 0.909. The van der Waals surface area contributed by atoms with Gasteiger partial charge in [-0.15, -0.1) is 0 Å². The van der Waals surface area contributed by atoms with Gasteiger partial charge in [-0.3, -0.25) is 4.79 Å². The van der Waals surface area contributed by atoms with Crippen molar-refractivity contribution in [2.24, 2.45) is 5.92 Å². The maximum atomic E-state index is 11.9. The largest absolute Gasteiger partial charge is 0.396 e. The van der Waals surface area contributed by atoms with E-state index in [9.17, 15) is 4.79 Å². The average Bonchev–Trinajstić information content (AvgIpc) is 2.28. The number of halogens is 1. The SMILES string of the molecule is CCC(Br)C(=O)N1CCCC(CCO)C1. The molecule has 1 aliphatic rings. The topological polar surface area (TPSA) is 40.5 Å². The lowest BCUT2D eigenvalue weighted by atomic mass is 9.95. The van der Waals surface area contributed by atoms with Gasteiger partial charge in [0, 0.05) is 19.7 Å². The fourth-order valence-electron chi connectivity index (χ4n) is 2.06. The summed E-state index contributed by atoms with van der Waals surface area (Å²) in [4.78, 5) is 13.8. The van der Waals surface area contributed by atoms with Crippen LogP contribution in [0.15, 0.2) is 0 Å². The molecule has 0 radical (unpaired) electrons. The number of aliphatic hydroxyl groups is 1. The zero-order valence-electron chi connectivity index (χ0n) is 9.29. The number of rotatable bonds is 4. The Bertz CT molecular complexity index is 209. The fourth-order valence-corrected chi connectivity index (χ4v) is 2.35. The van der Waals surface area contributed by atoms with Gasteiger partial charge in [-0.05, 0) is 31.6 Å². The molecule has 0 aromatic carbocycles. The molecule has 1 fully saturated rings. The van der Waals surface area contributed by atoms with E-state index in [1.165, 1.54) is 0 Å². The molecular formula is C11H20BrNO2. The van der Waals surface area contributed by atoms with Crippen molar-refractivity contribution < 1.29 is 9.90 Å². The van der Waals surface area contributed by atoms with Crippen LogP contribution in [0.4, 0.5) is 0 Å². The molecule has 0 aromatic rings. The van der Waals surface area contributed by atoms with Crippen molar-refractivity contribution in [3.05, 3.63) is 0 Å². The number of likely N-dealkylation sites (tertiary alicyclic amines) is 1. The summed E-state index contributed by atoms with van der Waals surface area (Å²) >= 11 is 3.40. The predicted octanol–water partition coefficient (Wildman–Crippen LogP) is 1.78. The van der Waals surface area contributed by atoms with Gasteiger partial charge in [0.05, 0.1) is 4.83 Å². The van der Waals surface area contributed by atoms with Gasteiger partial charge in [0.15, 0.2) is 0 Å². The van der Waals surface area contributed by atoms with Gasteiger partial charge in [-0.25, -0.2) is 0 Å². The number of nitrogens with zero attached hydrogens (tertiary/aromatic N) is 1. The second-order valence-electron chi connectivity index (χ2n) is 4.18. The van der Waals surface area contributed by atoms with Crippen molar-refractivity contribution >= 4 is 21.8 Å². The highest BCUT2D eigenvalue weighted by Crippen LogP contribution is 2.21. The van der Waals surface area contributed by atoms with Crippen molar-refractivity contribution in [2.75, 3.05) is 19.7 Å². The van der Waals surface area contributed by atoms with Crippen LogP contribution in [-0.2, 0) is 4.79 Å². The maximum absolute atomic E-state index is 11.9. The van der Waals surface area contributed by atoms with Gasteiger partial charge >= 0.3 is 0 Å². The molecule has 0 aromatic heterocycles. The second-order valence-corrected chi connectivity index (χ2v) is 5.29. The van der Waals surface area contributed by atoms with E-state index < -0.39 is 0 Å². The second kappa shape index (κ2) is 6.48. The van der Waals surface area contributed by atoms with Crippen LogP contribution < -0.4 is 0 Å². The first-order valence-electron chi connectivity index (χ1n) is 5.72. The number of amides is 1. The number of hydrogen-bond donors (Lipinski definition) is 1. The van der Waals surface area contributed by atoms with Crippen LogP contribution in [0.25, 0.3) is 0 Å². The molecule has 2 unspecified atom stereocenters. The molecule has 1 heterocycles. The van der Waals surface area contributed by atoms with Gasteiger partial charge in [-0.2, -0.15) is 0 Å². The molecular weight excluding hydrogens is 258 g/mol. The lowest BCUT2D eigenvalue weighted by Crippen LogP contribution is -2.43. The molecule has 3 nitrogen and oxygen atoms in total. The van der Waals surface area contributed by atoms with Crippen LogP contribution in [0.1, 0.15) is 32.6 Å². The summed E-state index contributed by atoms with van der Waals surface area (Å²) in [5.41, 5.74) is 0. The molecule has 1 aliphatic heterocycles. The van der Waals surface area contributed by atoms with E-state index in [4.69, 9.17) is 5.11 Å². The highest BCUT2D eigenvalue weighted by Gasteiger charge is 2.26. The van der Waals surface area contributed by atoms with Crippen molar-refractivity contribution in [1.29, 1.82) is 0 Å². The third kappa shape index (κ3) is 3.76. The normalized spacial score (nSPS) is 23.9. The Morgan fingerprint density at radius 3 is 3.00 bits per heavy atom. The van der Waals surface area contributed by atoms with Crippen molar-refractivity contribution in [1.82, 2.24) is 4.90 Å². The Balaban J connectivity index is 2.44. The highest BCUT2D eigenvalue weighted by atomic mass is 79.9. The summed E-state index contributed by atoms with van der Waals surface area (Å²) in [6.45, 7) is 3.94. The molecule has 1 rings (SSSR count). The Hall–Kier alpha value is -0.0900. The van der Waals surface area contributed by atoms with Crippen LogP contribution in [0.2, 0.25) is 0 Å². The van der Waals surface area contributed by atoms with Crippen LogP contribution in [0, 0.1) is 5.92 Å². The predicted molar refractivity (Wildman–Crippen MR) is 64.0 cm³/mol. The molecule has 1 saturated heterocycles. The quantitative estimate of drug-likeness (QED) is 0.796. The van der Waals surface area contributed by atoms with E-state index in [0.29, 0.717) is 5.92 Å². The summed E-state index contributed by atoms with van der Waals surface area (Å²) in [5.74, 6) is 0.699. The summed E-state index contributed by atoms with van der Waals surface area (Å²) in [7, 11) is 0. The Morgan fingerprint density at radius 1 is 1.67 bits per heavy atom. The zero-order chi connectivity index (χ0) is 11.3. The third-order valence-electron chi connectivity index (χ3n) is 2.99. The standard InChI is InChI=1S/C11H20BrNO2/c1-2-10(12)11(15)13-6-3-4-9(8-13)5-7-14/h9-10,14H,2-8H2,1H3. The first-order valence-corrected chi connectivity index (χ1v) is 6.64. The van der Waals surface area contributed by atoms with E-state index in [-0.39, 0.29) is 17.3 Å². The molecule has 0 bridgehead atoms. The highest BCUT2D eigenvalue weighted by molar-refractivity contribution is 9.10. The van der Waals surface area contributed by atoms with Gasteiger partial charge in [0.25, 0.3) is 0 Å². The first kappa shape index (κ1) is 13.0. The number of carbonyl (C=O) groups excluding carboxylic acids is 1. The van der Waals surface area contributed by atoms with E-state index in [1.54, 1.807) is 0 Å². The molecule has 0 aliphatic carbocycles. The molecule has 88 valence electrons. The minimum absolute atomic E-state index is 0.0367. The lowest BCUT2D eigenvalue weighted by molar-refractivity contribution is -0.132. The number of carbonyl (C=O) groups is 1. The van der Waals surface area contributed by atoms with Crippen LogP contribution >= 0.6 is 15.9 Å². The molecule has 1 N–H and O–H groups in total. The summed E-state index contributed by atoms with van der Waals surface area (Å²) in [6, 6.07) is 0. The lowest BCUT2D eigenvalue weighted by Gasteiger charge is -2.33. The van der Waals surface area contributed by atoms with E-state index in [1.807, 2.05) is 11.8 Å². The zero-order valence-corrected chi connectivity index (χ0v) is 10.9. The summed E-state index contributed by atoms with van der Waals surface area (Å²) < 4.78 is 0. The summed E-state index contributed by atoms with van der Waals surface area (Å²) in [5, 5.41) is 8.89. The van der Waals surface area contributed by atoms with Crippen molar-refractivity contribution in [2.45, 2.75) is 37.4 Å². The van der Waals surface area contributed by atoms with Crippen molar-refractivity contribution in [3.63, 3.8) is 0 Å². The Kier molecular flexibility index (Phi) is 5.61. The number of hydrogen-bond acceptors (Lipinski definition) is 2. The number of aliphatic hydroxyl groups excluding tert-OH is 1. The Labute approximate surface area is 100.0 Å². The van der Waals surface area contributed by atoms with E-state index >= 15 is 0 Å². The van der Waals surface area contributed by atoms with Gasteiger partial charge in [0.1, 0.15) is 0 Å². The first-order chi connectivity index (χ1) is 7.19. The third-order valence-corrected chi connectivity index (χ3v) is 4.03. The minimum Gasteiger partial charge on any atom is -0.396 e.